The SMILES string of the molecule is CC.COC(=O)c1cccc(C(c2ccc(NC=O)cc2)N2CCOCCOCCN(Cc3cccc(C)n3)CCOCCOCC2)n1.COC(C)(C)C.COC=O. The second kappa shape index (κ2) is 31.6. The zero-order valence-corrected chi connectivity index (χ0v) is 36.1. The second-order valence-electron chi connectivity index (χ2n) is 13.4. The molecule has 1 N–H and O–H groups in total. The smallest absolute Gasteiger partial charge is 0.356 e. The van der Waals surface area contributed by atoms with Gasteiger partial charge in [0.15, 0.2) is 0 Å². The van der Waals surface area contributed by atoms with Gasteiger partial charge >= 0.3 is 5.97 Å². The average Bonchev–Trinajstić information content (AvgIpc) is 3.23. The standard InChI is InChI=1S/C34H45N5O7.C5H12O.C2H4O2.C2H6/c1-27-5-3-6-30(36-27)25-38-13-17-43-21-23-45-19-15-39(16-20-46-24-22-44-18-14-38)33(28-9-11-29(12-10-28)35-26-40)31-7-4-8-32(37-31)34(41)42-2;1-5(2,3)6-4;1-4-2-3;1-2/h3-12,26,33H,13-25H2,1-2H3,(H,35,40);1-4H3;2H,1H3;1-2H3. The van der Waals surface area contributed by atoms with E-state index in [0.29, 0.717) is 90.2 Å². The molecule has 1 aromatic carbocycles. The van der Waals surface area contributed by atoms with Crippen molar-refractivity contribution in [3.05, 3.63) is 89.0 Å². The van der Waals surface area contributed by atoms with Gasteiger partial charge in [-0.2, -0.15) is 0 Å². The number of hydrogen-bond donors (Lipinski definition) is 1. The number of aryl methyl sites for hydroxylation is 1. The fourth-order valence-electron chi connectivity index (χ4n) is 5.17. The van der Waals surface area contributed by atoms with E-state index in [-0.39, 0.29) is 17.3 Å². The lowest BCUT2D eigenvalue weighted by Gasteiger charge is -2.32. The number of rotatable bonds is 9. The predicted octanol–water partition coefficient (Wildman–Crippen LogP) is 5.36. The Labute approximate surface area is 345 Å². The molecule has 58 heavy (non-hydrogen) atoms. The van der Waals surface area contributed by atoms with Crippen molar-refractivity contribution in [3.63, 3.8) is 0 Å². The Balaban J connectivity index is 0.00000123. The van der Waals surface area contributed by atoms with Crippen molar-refractivity contribution in [2.45, 2.75) is 59.7 Å². The molecule has 0 saturated carbocycles. The van der Waals surface area contributed by atoms with Gasteiger partial charge in [-0.05, 0) is 69.7 Å². The van der Waals surface area contributed by atoms with Gasteiger partial charge in [-0.15, -0.1) is 0 Å². The van der Waals surface area contributed by atoms with Crippen LogP contribution >= 0.6 is 0 Å². The first-order valence-electron chi connectivity index (χ1n) is 19.6. The highest BCUT2D eigenvalue weighted by Crippen LogP contribution is 2.29. The predicted molar refractivity (Wildman–Crippen MR) is 224 cm³/mol. The highest BCUT2D eigenvalue weighted by Gasteiger charge is 2.25. The lowest BCUT2D eigenvalue weighted by atomic mass is 10.00. The first-order valence-corrected chi connectivity index (χ1v) is 19.6. The van der Waals surface area contributed by atoms with Gasteiger partial charge in [-0.25, -0.2) is 9.78 Å². The molecule has 0 spiro atoms. The van der Waals surface area contributed by atoms with Gasteiger partial charge in [0.25, 0.3) is 6.47 Å². The molecule has 1 unspecified atom stereocenters. The van der Waals surface area contributed by atoms with Crippen molar-refractivity contribution in [2.24, 2.45) is 0 Å². The van der Waals surface area contributed by atoms with E-state index in [1.165, 1.54) is 14.2 Å². The van der Waals surface area contributed by atoms with Crippen LogP contribution in [0.4, 0.5) is 5.69 Å². The third-order valence-corrected chi connectivity index (χ3v) is 8.20. The van der Waals surface area contributed by atoms with E-state index in [1.807, 2.05) is 90.1 Å². The highest BCUT2D eigenvalue weighted by atomic mass is 16.5. The maximum absolute atomic E-state index is 12.3. The van der Waals surface area contributed by atoms with Crippen LogP contribution in [0.2, 0.25) is 0 Å². The van der Waals surface area contributed by atoms with Crippen molar-refractivity contribution in [1.29, 1.82) is 0 Å². The summed E-state index contributed by atoms with van der Waals surface area (Å²) in [5, 5.41) is 2.67. The lowest BCUT2D eigenvalue weighted by Crippen LogP contribution is -2.36. The third kappa shape index (κ3) is 22.6. The van der Waals surface area contributed by atoms with E-state index in [4.69, 9.17) is 33.2 Å². The Morgan fingerprint density at radius 2 is 1.29 bits per heavy atom. The number of carbonyl (C=O) groups is 3. The molecular formula is C43H67N5O10. The summed E-state index contributed by atoms with van der Waals surface area (Å²) < 4.78 is 37.6. The molecule has 3 heterocycles. The maximum Gasteiger partial charge on any atom is 0.356 e. The van der Waals surface area contributed by atoms with Crippen LogP contribution in [0.1, 0.15) is 73.8 Å². The molecule has 3 aromatic rings. The summed E-state index contributed by atoms with van der Waals surface area (Å²) in [6.45, 7) is 19.7. The minimum Gasteiger partial charge on any atom is -0.471 e. The molecular weight excluding hydrogens is 746 g/mol. The number of carbonyl (C=O) groups excluding carboxylic acids is 3. The van der Waals surface area contributed by atoms with Crippen molar-refractivity contribution >= 4 is 24.5 Å². The molecule has 1 atom stereocenters. The number of pyridine rings is 2. The van der Waals surface area contributed by atoms with Gasteiger partial charge in [-0.3, -0.25) is 24.4 Å². The van der Waals surface area contributed by atoms with E-state index in [2.05, 4.69) is 29.8 Å². The van der Waals surface area contributed by atoms with Gasteiger partial charge in [0.05, 0.1) is 90.1 Å². The van der Waals surface area contributed by atoms with Crippen LogP contribution in [0, 0.1) is 6.92 Å². The summed E-state index contributed by atoms with van der Waals surface area (Å²) >= 11 is 0. The third-order valence-electron chi connectivity index (χ3n) is 8.20. The molecule has 0 radical (unpaired) electrons. The summed E-state index contributed by atoms with van der Waals surface area (Å²) in [5.41, 5.74) is 4.58. The Hall–Kier alpha value is -4.35. The summed E-state index contributed by atoms with van der Waals surface area (Å²) in [5.74, 6) is -0.507. The van der Waals surface area contributed by atoms with E-state index >= 15 is 0 Å². The number of methoxy groups -OCH3 is 3. The summed E-state index contributed by atoms with van der Waals surface area (Å²) in [6, 6.07) is 18.6. The van der Waals surface area contributed by atoms with Crippen LogP contribution in [0.3, 0.4) is 0 Å². The maximum atomic E-state index is 12.3. The Bertz CT molecular complexity index is 1500. The van der Waals surface area contributed by atoms with Crippen LogP contribution in [0.15, 0.2) is 60.7 Å². The number of hydrogen-bond acceptors (Lipinski definition) is 14. The number of anilines is 1. The topological polar surface area (TPSA) is 160 Å². The molecule has 1 aliphatic rings. The quantitative estimate of drug-likeness (QED) is 0.217. The zero-order chi connectivity index (χ0) is 43.0. The van der Waals surface area contributed by atoms with Crippen molar-refractivity contribution < 1.29 is 47.5 Å². The number of nitrogens with one attached hydrogen (secondary N) is 1. The van der Waals surface area contributed by atoms with Gasteiger partial charge in [-0.1, -0.05) is 38.1 Å². The largest absolute Gasteiger partial charge is 0.471 e. The molecule has 1 aliphatic heterocycles. The molecule has 2 aromatic heterocycles. The number of amides is 1. The monoisotopic (exact) mass is 813 g/mol. The lowest BCUT2D eigenvalue weighted by molar-refractivity contribution is -0.126. The first kappa shape index (κ1) is 51.7. The number of benzene rings is 1. The van der Waals surface area contributed by atoms with Crippen molar-refractivity contribution in [2.75, 3.05) is 106 Å². The molecule has 4 rings (SSSR count). The Kier molecular flexibility index (Phi) is 28.2. The summed E-state index contributed by atoms with van der Waals surface area (Å²) in [7, 11) is 4.36. The average molecular weight is 814 g/mol. The Morgan fingerprint density at radius 3 is 1.76 bits per heavy atom. The molecule has 0 bridgehead atoms. The fraction of sp³-hybridized carbons (Fsp3) is 0.558. The molecule has 1 saturated heterocycles. The Morgan fingerprint density at radius 1 is 0.776 bits per heavy atom. The number of aromatic nitrogens is 2. The van der Waals surface area contributed by atoms with Gasteiger partial charge in [0.1, 0.15) is 5.69 Å². The highest BCUT2D eigenvalue weighted by molar-refractivity contribution is 5.87. The van der Waals surface area contributed by atoms with Crippen molar-refractivity contribution in [1.82, 2.24) is 19.8 Å². The van der Waals surface area contributed by atoms with E-state index < -0.39 is 5.97 Å². The molecule has 1 amide bonds. The van der Waals surface area contributed by atoms with Gasteiger partial charge < -0.3 is 38.5 Å². The molecule has 15 nitrogen and oxygen atoms in total. The first-order chi connectivity index (χ1) is 28.0. The molecule has 1 fully saturated rings. The van der Waals surface area contributed by atoms with Gasteiger partial charge in [0, 0.05) is 51.2 Å². The summed E-state index contributed by atoms with van der Waals surface area (Å²) in [4.78, 5) is 46.1. The number of ether oxygens (including phenoxy) is 7. The van der Waals surface area contributed by atoms with Gasteiger partial charge in [0.2, 0.25) is 6.41 Å². The van der Waals surface area contributed by atoms with Crippen LogP contribution in [-0.2, 0) is 49.3 Å². The fourth-order valence-corrected chi connectivity index (χ4v) is 5.17. The van der Waals surface area contributed by atoms with E-state index in [9.17, 15) is 9.59 Å². The van der Waals surface area contributed by atoms with Crippen LogP contribution in [0.5, 0.6) is 0 Å². The normalized spacial score (nSPS) is 15.7. The van der Waals surface area contributed by atoms with E-state index in [0.717, 1.165) is 36.6 Å². The minimum atomic E-state index is -0.507. The summed E-state index contributed by atoms with van der Waals surface area (Å²) in [6.07, 6.45) is 0.643. The number of nitrogens with zero attached hydrogens (tertiary/aromatic N) is 4. The van der Waals surface area contributed by atoms with Crippen molar-refractivity contribution in [3.8, 4) is 0 Å². The second-order valence-corrected chi connectivity index (χ2v) is 13.4. The molecule has 324 valence electrons. The number of esters is 1. The molecule has 15 heteroatoms. The van der Waals surface area contributed by atoms with Crippen LogP contribution < -0.4 is 5.32 Å². The molecule has 0 aliphatic carbocycles. The minimum absolute atomic E-state index is 0.0417. The van der Waals surface area contributed by atoms with E-state index in [1.54, 1.807) is 19.2 Å². The zero-order valence-electron chi connectivity index (χ0n) is 36.1. The van der Waals surface area contributed by atoms with Crippen LogP contribution in [-0.4, -0.2) is 145 Å². The van der Waals surface area contributed by atoms with Crippen LogP contribution in [0.25, 0.3) is 0 Å².